The van der Waals surface area contributed by atoms with Gasteiger partial charge in [-0.15, -0.1) is 0 Å². The van der Waals surface area contributed by atoms with Crippen LogP contribution in [0.3, 0.4) is 0 Å². The molecule has 1 aliphatic rings. The van der Waals surface area contributed by atoms with Crippen molar-refractivity contribution in [3.63, 3.8) is 0 Å². The van der Waals surface area contributed by atoms with Crippen molar-refractivity contribution >= 4 is 28.2 Å². The summed E-state index contributed by atoms with van der Waals surface area (Å²) in [6.07, 6.45) is 1.86. The fraction of sp³-hybridized carbons (Fsp3) is 0.200. The number of benzene rings is 3. The van der Waals surface area contributed by atoms with E-state index in [0.29, 0.717) is 0 Å². The Bertz CT molecular complexity index is 1180. The summed E-state index contributed by atoms with van der Waals surface area (Å²) >= 11 is 0. The van der Waals surface area contributed by atoms with Gasteiger partial charge in [0.1, 0.15) is 22.8 Å². The molecule has 0 bridgehead atoms. The van der Waals surface area contributed by atoms with Crippen molar-refractivity contribution in [2.24, 2.45) is 0 Å². The van der Waals surface area contributed by atoms with Crippen LogP contribution in [0.25, 0.3) is 11.0 Å². The van der Waals surface area contributed by atoms with E-state index in [2.05, 4.69) is 41.3 Å². The lowest BCUT2D eigenvalue weighted by atomic mass is 10.0. The Morgan fingerprint density at radius 2 is 1.55 bits per heavy atom. The lowest BCUT2D eigenvalue weighted by molar-refractivity contribution is 0.395. The predicted molar refractivity (Wildman–Crippen MR) is 116 cm³/mol. The molecule has 4 aromatic rings. The summed E-state index contributed by atoms with van der Waals surface area (Å²) in [5, 5.41) is 1.16. The fourth-order valence-corrected chi connectivity index (χ4v) is 4.28. The molecule has 2 heterocycles. The molecule has 5 rings (SSSR count). The van der Waals surface area contributed by atoms with Crippen LogP contribution in [0.1, 0.15) is 16.7 Å². The van der Waals surface area contributed by atoms with Crippen LogP contribution in [-0.4, -0.2) is 14.2 Å². The van der Waals surface area contributed by atoms with Crippen LogP contribution < -0.4 is 14.4 Å². The molecule has 0 radical (unpaired) electrons. The van der Waals surface area contributed by atoms with E-state index in [4.69, 9.17) is 13.9 Å². The summed E-state index contributed by atoms with van der Waals surface area (Å²) in [7, 11) is 3.39. The highest BCUT2D eigenvalue weighted by molar-refractivity contribution is 5.93. The maximum atomic E-state index is 6.44. The second kappa shape index (κ2) is 6.89. The topological polar surface area (TPSA) is 34.8 Å². The maximum Gasteiger partial charge on any atom is 0.209 e. The van der Waals surface area contributed by atoms with Gasteiger partial charge in [0, 0.05) is 10.9 Å². The minimum atomic E-state index is 0.755. The van der Waals surface area contributed by atoms with Crippen molar-refractivity contribution in [1.82, 2.24) is 0 Å². The number of methoxy groups -OCH3 is 2. The van der Waals surface area contributed by atoms with Crippen molar-refractivity contribution in [3.8, 4) is 11.5 Å². The molecule has 4 nitrogen and oxygen atoms in total. The zero-order chi connectivity index (χ0) is 20.0. The quantitative estimate of drug-likeness (QED) is 0.413. The van der Waals surface area contributed by atoms with Gasteiger partial charge in [-0.1, -0.05) is 36.4 Å². The Labute approximate surface area is 170 Å². The third-order valence-electron chi connectivity index (χ3n) is 5.60. The first kappa shape index (κ1) is 17.7. The molecule has 4 heteroatoms. The Hall–Kier alpha value is -3.40. The summed E-state index contributed by atoms with van der Waals surface area (Å²) in [4.78, 5) is 2.16. The van der Waals surface area contributed by atoms with E-state index >= 15 is 0 Å². The number of hydrogen-bond acceptors (Lipinski definition) is 4. The Balaban J connectivity index is 1.88. The molecule has 0 saturated heterocycles. The van der Waals surface area contributed by atoms with Gasteiger partial charge in [-0.05, 0) is 55.2 Å². The fourth-order valence-electron chi connectivity index (χ4n) is 4.28. The first-order valence-electron chi connectivity index (χ1n) is 9.82. The van der Waals surface area contributed by atoms with Gasteiger partial charge >= 0.3 is 0 Å². The van der Waals surface area contributed by atoms with E-state index in [0.717, 1.165) is 58.1 Å². The predicted octanol–water partition coefficient (Wildman–Crippen LogP) is 6.33. The van der Waals surface area contributed by atoms with Crippen molar-refractivity contribution in [2.75, 3.05) is 19.1 Å². The van der Waals surface area contributed by atoms with Crippen LogP contribution in [0, 0.1) is 6.92 Å². The number of aryl methyl sites for hydroxylation is 3. The van der Waals surface area contributed by atoms with Crippen molar-refractivity contribution in [1.29, 1.82) is 0 Å². The van der Waals surface area contributed by atoms with E-state index < -0.39 is 0 Å². The van der Waals surface area contributed by atoms with Crippen LogP contribution in [-0.2, 0) is 12.8 Å². The SMILES string of the molecule is COc1cc(C)cc(OC)c1N1c2ccccc2CCc2c1oc1ccccc21. The molecule has 29 heavy (non-hydrogen) atoms. The molecule has 1 aliphatic heterocycles. The molecular weight excluding hydrogens is 362 g/mol. The van der Waals surface area contributed by atoms with Gasteiger partial charge in [-0.25, -0.2) is 0 Å². The van der Waals surface area contributed by atoms with E-state index in [1.54, 1.807) is 14.2 Å². The number of ether oxygens (including phenoxy) is 2. The van der Waals surface area contributed by atoms with E-state index in [9.17, 15) is 0 Å². The first-order chi connectivity index (χ1) is 14.2. The minimum absolute atomic E-state index is 0.755. The van der Waals surface area contributed by atoms with Gasteiger partial charge in [0.25, 0.3) is 0 Å². The Kier molecular flexibility index (Phi) is 4.20. The second-order valence-corrected chi connectivity index (χ2v) is 7.36. The van der Waals surface area contributed by atoms with E-state index in [1.165, 1.54) is 11.1 Å². The number of hydrogen-bond donors (Lipinski definition) is 0. The van der Waals surface area contributed by atoms with Crippen molar-refractivity contribution in [3.05, 3.63) is 77.4 Å². The molecule has 1 aromatic heterocycles. The summed E-state index contributed by atoms with van der Waals surface area (Å²) in [5.74, 6) is 2.34. The van der Waals surface area contributed by atoms with E-state index in [1.807, 2.05) is 31.2 Å². The largest absolute Gasteiger partial charge is 0.494 e. The van der Waals surface area contributed by atoms with Crippen LogP contribution in [0.2, 0.25) is 0 Å². The van der Waals surface area contributed by atoms with Crippen LogP contribution in [0.15, 0.2) is 65.1 Å². The normalized spacial score (nSPS) is 13.0. The molecule has 146 valence electrons. The third-order valence-corrected chi connectivity index (χ3v) is 5.60. The number of rotatable bonds is 3. The summed E-state index contributed by atoms with van der Waals surface area (Å²) < 4.78 is 18.0. The third kappa shape index (κ3) is 2.75. The lowest BCUT2D eigenvalue weighted by Gasteiger charge is -2.27. The van der Waals surface area contributed by atoms with Gasteiger partial charge < -0.3 is 13.9 Å². The van der Waals surface area contributed by atoms with Crippen molar-refractivity contribution in [2.45, 2.75) is 19.8 Å². The first-order valence-corrected chi connectivity index (χ1v) is 9.82. The van der Waals surface area contributed by atoms with E-state index in [-0.39, 0.29) is 0 Å². The summed E-state index contributed by atoms with van der Waals surface area (Å²) in [5.41, 5.74) is 6.40. The minimum Gasteiger partial charge on any atom is -0.494 e. The number of para-hydroxylation sites is 2. The van der Waals surface area contributed by atoms with Crippen LogP contribution in [0.5, 0.6) is 11.5 Å². The van der Waals surface area contributed by atoms with Crippen LogP contribution in [0.4, 0.5) is 17.3 Å². The Morgan fingerprint density at radius 1 is 0.862 bits per heavy atom. The standard InChI is InChI=1S/C25H23NO3/c1-16-14-22(27-2)24(23(15-16)28-3)26-20-10-6-4-8-17(20)12-13-19-18-9-5-7-11-21(18)29-25(19)26/h4-11,14-15H,12-13H2,1-3H3. The highest BCUT2D eigenvalue weighted by atomic mass is 16.5. The van der Waals surface area contributed by atoms with Crippen LogP contribution >= 0.6 is 0 Å². The number of fused-ring (bicyclic) bond motifs is 4. The zero-order valence-corrected chi connectivity index (χ0v) is 16.9. The average Bonchev–Trinajstić information content (AvgIpc) is 3.03. The van der Waals surface area contributed by atoms with Gasteiger partial charge in [-0.2, -0.15) is 0 Å². The summed E-state index contributed by atoms with van der Waals surface area (Å²) in [6.45, 7) is 2.04. The maximum absolute atomic E-state index is 6.44. The Morgan fingerprint density at radius 3 is 2.31 bits per heavy atom. The smallest absolute Gasteiger partial charge is 0.209 e. The van der Waals surface area contributed by atoms with Gasteiger partial charge in [0.15, 0.2) is 0 Å². The van der Waals surface area contributed by atoms with Gasteiger partial charge in [0.05, 0.1) is 19.9 Å². The van der Waals surface area contributed by atoms with Crippen molar-refractivity contribution < 1.29 is 13.9 Å². The average molecular weight is 385 g/mol. The molecule has 0 saturated carbocycles. The molecule has 0 amide bonds. The molecule has 0 unspecified atom stereocenters. The van der Waals surface area contributed by atoms with Gasteiger partial charge in [0.2, 0.25) is 5.88 Å². The highest BCUT2D eigenvalue weighted by Gasteiger charge is 2.31. The second-order valence-electron chi connectivity index (χ2n) is 7.36. The summed E-state index contributed by atoms with van der Waals surface area (Å²) in [6, 6.07) is 20.8. The zero-order valence-electron chi connectivity index (χ0n) is 16.9. The monoisotopic (exact) mass is 385 g/mol. The molecule has 3 aromatic carbocycles. The molecule has 0 fully saturated rings. The number of furan rings is 1. The molecule has 0 atom stereocenters. The lowest BCUT2D eigenvalue weighted by Crippen LogP contribution is -2.13. The highest BCUT2D eigenvalue weighted by Crippen LogP contribution is 2.51. The molecule has 0 aliphatic carbocycles. The number of nitrogens with zero attached hydrogens (tertiary/aromatic N) is 1. The molecular formula is C25H23NO3. The van der Waals surface area contributed by atoms with Gasteiger partial charge in [-0.3, -0.25) is 4.90 Å². The number of anilines is 3. The molecule has 0 N–H and O–H groups in total. The molecule has 0 spiro atoms.